The van der Waals surface area contributed by atoms with E-state index in [4.69, 9.17) is 15.2 Å². The van der Waals surface area contributed by atoms with Gasteiger partial charge in [-0.1, -0.05) is 18.2 Å². The van der Waals surface area contributed by atoms with Crippen molar-refractivity contribution in [1.29, 1.82) is 0 Å². The number of likely N-dealkylation sites (N-methyl/N-ethyl adjacent to an activating group) is 1. The van der Waals surface area contributed by atoms with E-state index in [2.05, 4.69) is 5.32 Å². The summed E-state index contributed by atoms with van der Waals surface area (Å²) in [7, 11) is 5.11. The molecule has 3 N–H and O–H groups in total. The minimum Gasteiger partial charge on any atom is -0.496 e. The predicted octanol–water partition coefficient (Wildman–Crippen LogP) is 0.389. The molecule has 1 aromatic rings. The number of carbonyl (C=O) groups excluding carboxylic acids is 1. The molecule has 0 heterocycles. The largest absolute Gasteiger partial charge is 0.496 e. The predicted molar refractivity (Wildman–Crippen MR) is 82.3 cm³/mol. The summed E-state index contributed by atoms with van der Waals surface area (Å²) in [4.78, 5) is 13.8. The van der Waals surface area contributed by atoms with Gasteiger partial charge in [0.1, 0.15) is 5.75 Å². The Balaban J connectivity index is 2.68. The SMILES string of the molecule is COCCNC(=O)CN(C)C(CN)c1ccccc1OC. The van der Waals surface area contributed by atoms with Crippen LogP contribution in [0.15, 0.2) is 24.3 Å². The summed E-state index contributed by atoms with van der Waals surface area (Å²) >= 11 is 0. The highest BCUT2D eigenvalue weighted by molar-refractivity contribution is 5.78. The van der Waals surface area contributed by atoms with Crippen LogP contribution in [-0.2, 0) is 9.53 Å². The molecule has 0 bridgehead atoms. The number of methoxy groups -OCH3 is 2. The number of nitrogens with zero attached hydrogens (tertiary/aromatic N) is 1. The lowest BCUT2D eigenvalue weighted by atomic mass is 10.0. The van der Waals surface area contributed by atoms with Crippen molar-refractivity contribution in [2.24, 2.45) is 5.73 Å². The zero-order valence-electron chi connectivity index (χ0n) is 13.0. The van der Waals surface area contributed by atoms with Crippen molar-refractivity contribution in [3.8, 4) is 5.75 Å². The molecule has 0 saturated heterocycles. The summed E-state index contributed by atoms with van der Waals surface area (Å²) in [5.74, 6) is 0.725. The van der Waals surface area contributed by atoms with Gasteiger partial charge in [0, 0.05) is 25.8 Å². The second-order valence-electron chi connectivity index (χ2n) is 4.75. The average Bonchev–Trinajstić information content (AvgIpc) is 2.48. The van der Waals surface area contributed by atoms with Gasteiger partial charge in [0.05, 0.1) is 26.3 Å². The van der Waals surface area contributed by atoms with Crippen molar-refractivity contribution in [3.05, 3.63) is 29.8 Å². The molecule has 0 spiro atoms. The fraction of sp³-hybridized carbons (Fsp3) is 0.533. The van der Waals surface area contributed by atoms with Crippen LogP contribution in [0.1, 0.15) is 11.6 Å². The van der Waals surface area contributed by atoms with Crippen molar-refractivity contribution >= 4 is 5.91 Å². The van der Waals surface area contributed by atoms with Crippen LogP contribution >= 0.6 is 0 Å². The third-order valence-corrected chi connectivity index (χ3v) is 3.27. The number of nitrogens with two attached hydrogens (primary N) is 1. The second-order valence-corrected chi connectivity index (χ2v) is 4.75. The van der Waals surface area contributed by atoms with Gasteiger partial charge in [0.25, 0.3) is 0 Å². The van der Waals surface area contributed by atoms with Crippen LogP contribution in [0.5, 0.6) is 5.75 Å². The summed E-state index contributed by atoms with van der Waals surface area (Å²) in [6, 6.07) is 7.63. The van der Waals surface area contributed by atoms with Crippen LogP contribution in [0.2, 0.25) is 0 Å². The van der Waals surface area contributed by atoms with Gasteiger partial charge in [-0.15, -0.1) is 0 Å². The topological polar surface area (TPSA) is 76.8 Å². The van der Waals surface area contributed by atoms with Crippen LogP contribution in [-0.4, -0.2) is 58.3 Å². The number of ether oxygens (including phenoxy) is 2. The fourth-order valence-corrected chi connectivity index (χ4v) is 2.17. The zero-order chi connectivity index (χ0) is 15.7. The number of nitrogens with one attached hydrogen (secondary N) is 1. The quantitative estimate of drug-likeness (QED) is 0.645. The molecule has 0 aliphatic rings. The molecule has 0 aliphatic heterocycles. The molecule has 6 nitrogen and oxygen atoms in total. The number of amides is 1. The van der Waals surface area contributed by atoms with Gasteiger partial charge in [-0.2, -0.15) is 0 Å². The average molecular weight is 295 g/mol. The summed E-state index contributed by atoms with van der Waals surface area (Å²) < 4.78 is 10.3. The third kappa shape index (κ3) is 5.34. The molecule has 0 aromatic heterocycles. The monoisotopic (exact) mass is 295 g/mol. The van der Waals surface area contributed by atoms with Gasteiger partial charge in [0.15, 0.2) is 0 Å². The molecule has 1 rings (SSSR count). The Morgan fingerprint density at radius 3 is 2.71 bits per heavy atom. The number of rotatable bonds is 9. The number of hydrogen-bond donors (Lipinski definition) is 2. The van der Waals surface area contributed by atoms with Crippen molar-refractivity contribution in [3.63, 3.8) is 0 Å². The lowest BCUT2D eigenvalue weighted by Crippen LogP contribution is -2.40. The second kappa shape index (κ2) is 9.33. The van der Waals surface area contributed by atoms with Gasteiger partial charge in [-0.05, 0) is 13.1 Å². The summed E-state index contributed by atoms with van der Waals surface area (Å²) in [6.07, 6.45) is 0. The molecule has 21 heavy (non-hydrogen) atoms. The van der Waals surface area contributed by atoms with Crippen LogP contribution < -0.4 is 15.8 Å². The molecule has 0 radical (unpaired) electrons. The van der Waals surface area contributed by atoms with Gasteiger partial charge in [-0.25, -0.2) is 0 Å². The number of hydrogen-bond acceptors (Lipinski definition) is 5. The molecule has 6 heteroatoms. The van der Waals surface area contributed by atoms with E-state index in [1.165, 1.54) is 0 Å². The minimum absolute atomic E-state index is 0.0529. The Morgan fingerprint density at radius 1 is 1.38 bits per heavy atom. The molecule has 0 saturated carbocycles. The van der Waals surface area contributed by atoms with Crippen LogP contribution in [0.25, 0.3) is 0 Å². The summed E-state index contributed by atoms with van der Waals surface area (Å²) in [6.45, 7) is 1.68. The maximum atomic E-state index is 11.9. The van der Waals surface area contributed by atoms with Gasteiger partial charge in [0.2, 0.25) is 5.91 Å². The van der Waals surface area contributed by atoms with E-state index in [-0.39, 0.29) is 18.5 Å². The highest BCUT2D eigenvalue weighted by Gasteiger charge is 2.20. The van der Waals surface area contributed by atoms with E-state index in [9.17, 15) is 4.79 Å². The maximum Gasteiger partial charge on any atom is 0.234 e. The lowest BCUT2D eigenvalue weighted by molar-refractivity contribution is -0.122. The van der Waals surface area contributed by atoms with Crippen molar-refractivity contribution in [2.45, 2.75) is 6.04 Å². The van der Waals surface area contributed by atoms with E-state index >= 15 is 0 Å². The fourth-order valence-electron chi connectivity index (χ4n) is 2.17. The Labute approximate surface area is 126 Å². The standard InChI is InChI=1S/C15H25N3O3/c1-18(11-15(19)17-8-9-20-2)13(10-16)12-6-4-5-7-14(12)21-3/h4-7,13H,8-11,16H2,1-3H3,(H,17,19). The van der Waals surface area contributed by atoms with Crippen LogP contribution in [0.4, 0.5) is 0 Å². The molecule has 1 aromatic carbocycles. The maximum absolute atomic E-state index is 11.9. The Kier molecular flexibility index (Phi) is 7.74. The number of benzene rings is 1. The molecule has 0 fully saturated rings. The Morgan fingerprint density at radius 2 is 2.10 bits per heavy atom. The molecule has 1 atom stereocenters. The molecule has 0 aliphatic carbocycles. The van der Waals surface area contributed by atoms with Crippen molar-refractivity contribution < 1.29 is 14.3 Å². The van der Waals surface area contributed by atoms with Crippen LogP contribution in [0.3, 0.4) is 0 Å². The zero-order valence-corrected chi connectivity index (χ0v) is 13.0. The molecular formula is C15H25N3O3. The van der Waals surface area contributed by atoms with E-state index < -0.39 is 0 Å². The third-order valence-electron chi connectivity index (χ3n) is 3.27. The first kappa shape index (κ1) is 17.4. The number of carbonyl (C=O) groups is 1. The van der Waals surface area contributed by atoms with Gasteiger partial charge >= 0.3 is 0 Å². The first-order valence-electron chi connectivity index (χ1n) is 6.92. The normalized spacial score (nSPS) is 12.2. The highest BCUT2D eigenvalue weighted by Crippen LogP contribution is 2.27. The molecule has 1 unspecified atom stereocenters. The van der Waals surface area contributed by atoms with Crippen molar-refractivity contribution in [2.75, 3.05) is 47.5 Å². The Bertz CT molecular complexity index is 440. The molecule has 1 amide bonds. The minimum atomic E-state index is -0.0747. The summed E-state index contributed by atoms with van der Waals surface area (Å²) in [5, 5.41) is 2.80. The van der Waals surface area contributed by atoms with E-state index in [0.29, 0.717) is 19.7 Å². The smallest absolute Gasteiger partial charge is 0.234 e. The molecular weight excluding hydrogens is 270 g/mol. The highest BCUT2D eigenvalue weighted by atomic mass is 16.5. The van der Waals surface area contributed by atoms with E-state index in [1.807, 2.05) is 36.2 Å². The Hall–Kier alpha value is -1.63. The van der Waals surface area contributed by atoms with E-state index in [0.717, 1.165) is 11.3 Å². The van der Waals surface area contributed by atoms with Gasteiger partial charge < -0.3 is 20.5 Å². The van der Waals surface area contributed by atoms with E-state index in [1.54, 1.807) is 14.2 Å². The first-order valence-corrected chi connectivity index (χ1v) is 6.92. The summed E-state index contributed by atoms with van der Waals surface area (Å²) in [5.41, 5.74) is 6.86. The van der Waals surface area contributed by atoms with Crippen molar-refractivity contribution in [1.82, 2.24) is 10.2 Å². The number of para-hydroxylation sites is 1. The first-order chi connectivity index (χ1) is 10.1. The van der Waals surface area contributed by atoms with Gasteiger partial charge in [-0.3, -0.25) is 9.69 Å². The lowest BCUT2D eigenvalue weighted by Gasteiger charge is -2.28. The molecule has 118 valence electrons. The van der Waals surface area contributed by atoms with Crippen LogP contribution in [0, 0.1) is 0 Å².